The lowest BCUT2D eigenvalue weighted by Gasteiger charge is -2.29. The smallest absolute Gasteiger partial charge is 0.263 e. The molecule has 136 valence electrons. The summed E-state index contributed by atoms with van der Waals surface area (Å²) in [6, 6.07) is 17.3. The minimum atomic E-state index is -0.409. The number of pyridine rings is 1. The monoisotopic (exact) mass is 362 g/mol. The van der Waals surface area contributed by atoms with Gasteiger partial charge in [-0.05, 0) is 42.7 Å². The predicted octanol–water partition coefficient (Wildman–Crippen LogP) is 3.63. The highest BCUT2D eigenvalue weighted by Crippen LogP contribution is 2.27. The van der Waals surface area contributed by atoms with Crippen LogP contribution in [0, 0.1) is 5.82 Å². The first kappa shape index (κ1) is 17.2. The van der Waals surface area contributed by atoms with Crippen molar-refractivity contribution in [2.45, 2.75) is 19.4 Å². The van der Waals surface area contributed by atoms with Gasteiger partial charge in [0.05, 0.1) is 6.54 Å². The minimum Gasteiger partial charge on any atom is -0.310 e. The van der Waals surface area contributed by atoms with Crippen LogP contribution < -0.4 is 10.5 Å². The van der Waals surface area contributed by atoms with Gasteiger partial charge < -0.3 is 9.47 Å². The summed E-state index contributed by atoms with van der Waals surface area (Å²) in [6.45, 7) is 0.667. The molecule has 0 N–H and O–H groups in total. The van der Waals surface area contributed by atoms with Crippen molar-refractivity contribution in [2.75, 3.05) is 11.4 Å². The van der Waals surface area contributed by atoms with E-state index in [-0.39, 0.29) is 23.8 Å². The summed E-state index contributed by atoms with van der Waals surface area (Å²) in [4.78, 5) is 27.6. The third-order valence-electron chi connectivity index (χ3n) is 4.90. The number of aryl methyl sites for hydroxylation is 1. The number of para-hydroxylation sites is 1. The van der Waals surface area contributed by atoms with E-state index >= 15 is 0 Å². The summed E-state index contributed by atoms with van der Waals surface area (Å²) in [5.41, 5.74) is 2.07. The fourth-order valence-corrected chi connectivity index (χ4v) is 3.52. The number of benzene rings is 2. The van der Waals surface area contributed by atoms with Crippen molar-refractivity contribution in [1.82, 2.24) is 4.57 Å². The Kier molecular flexibility index (Phi) is 4.59. The summed E-state index contributed by atoms with van der Waals surface area (Å²) in [6.07, 6.45) is 3.36. The van der Waals surface area contributed by atoms with E-state index in [1.54, 1.807) is 41.4 Å². The summed E-state index contributed by atoms with van der Waals surface area (Å²) in [5, 5.41) is 0. The molecule has 5 heteroatoms. The molecule has 0 radical (unpaired) electrons. The van der Waals surface area contributed by atoms with Crippen LogP contribution in [-0.2, 0) is 13.0 Å². The zero-order chi connectivity index (χ0) is 18.8. The third-order valence-corrected chi connectivity index (χ3v) is 4.90. The molecule has 4 rings (SSSR count). The van der Waals surface area contributed by atoms with Crippen molar-refractivity contribution >= 4 is 11.6 Å². The van der Waals surface area contributed by atoms with Gasteiger partial charge in [-0.15, -0.1) is 0 Å². The number of hydrogen-bond acceptors (Lipinski definition) is 2. The van der Waals surface area contributed by atoms with Crippen LogP contribution in [0.25, 0.3) is 0 Å². The molecule has 1 aliphatic rings. The number of halogens is 1. The Morgan fingerprint density at radius 2 is 1.78 bits per heavy atom. The quantitative estimate of drug-likeness (QED) is 0.714. The van der Waals surface area contributed by atoms with E-state index < -0.39 is 5.56 Å². The van der Waals surface area contributed by atoms with Gasteiger partial charge in [-0.25, -0.2) is 4.39 Å². The fourth-order valence-electron chi connectivity index (χ4n) is 3.52. The second-order valence-electron chi connectivity index (χ2n) is 6.64. The third kappa shape index (κ3) is 3.28. The van der Waals surface area contributed by atoms with Gasteiger partial charge in [0.15, 0.2) is 0 Å². The van der Waals surface area contributed by atoms with Crippen LogP contribution in [0.15, 0.2) is 71.7 Å². The maximum absolute atomic E-state index is 13.9. The van der Waals surface area contributed by atoms with Gasteiger partial charge in [-0.3, -0.25) is 9.59 Å². The Morgan fingerprint density at radius 3 is 2.63 bits per heavy atom. The van der Waals surface area contributed by atoms with Crippen LogP contribution in [-0.4, -0.2) is 17.0 Å². The number of carbonyl (C=O) groups excluding carboxylic acids is 1. The molecule has 0 aliphatic carbocycles. The second kappa shape index (κ2) is 7.19. The Balaban J connectivity index is 1.68. The molecule has 0 bridgehead atoms. The molecule has 2 heterocycles. The number of carbonyl (C=O) groups is 1. The molecule has 4 nitrogen and oxygen atoms in total. The van der Waals surface area contributed by atoms with Gasteiger partial charge in [0, 0.05) is 24.0 Å². The van der Waals surface area contributed by atoms with Gasteiger partial charge in [-0.2, -0.15) is 0 Å². The summed E-state index contributed by atoms with van der Waals surface area (Å²) < 4.78 is 15.3. The molecule has 2 aromatic carbocycles. The van der Waals surface area contributed by atoms with E-state index in [2.05, 4.69) is 0 Å². The minimum absolute atomic E-state index is 0.0865. The first-order valence-corrected chi connectivity index (χ1v) is 8.98. The molecular formula is C22H19FN2O2. The SMILES string of the molecule is O=C(c1cccn(Cc2ccccc2F)c1=O)N1CCCc2ccccc21. The van der Waals surface area contributed by atoms with Gasteiger partial charge in [0.1, 0.15) is 11.4 Å². The average Bonchev–Trinajstić information content (AvgIpc) is 2.70. The highest BCUT2D eigenvalue weighted by Gasteiger charge is 2.25. The Morgan fingerprint density at radius 1 is 1.00 bits per heavy atom. The number of hydrogen-bond donors (Lipinski definition) is 0. The highest BCUT2D eigenvalue weighted by molar-refractivity contribution is 6.06. The first-order valence-electron chi connectivity index (χ1n) is 8.98. The number of aromatic nitrogens is 1. The topological polar surface area (TPSA) is 42.3 Å². The molecule has 1 amide bonds. The lowest BCUT2D eigenvalue weighted by molar-refractivity contribution is 0.0983. The number of rotatable bonds is 3. The summed E-state index contributed by atoms with van der Waals surface area (Å²) >= 11 is 0. The lowest BCUT2D eigenvalue weighted by atomic mass is 10.0. The Labute approximate surface area is 156 Å². The van der Waals surface area contributed by atoms with E-state index in [1.165, 1.54) is 10.6 Å². The van der Waals surface area contributed by atoms with Crippen LogP contribution in [0.3, 0.4) is 0 Å². The van der Waals surface area contributed by atoms with Crippen LogP contribution in [0.4, 0.5) is 10.1 Å². The Hall–Kier alpha value is -3.21. The van der Waals surface area contributed by atoms with Crippen molar-refractivity contribution in [3.05, 3.63) is 99.7 Å². The zero-order valence-corrected chi connectivity index (χ0v) is 14.8. The van der Waals surface area contributed by atoms with Crippen molar-refractivity contribution in [1.29, 1.82) is 0 Å². The van der Waals surface area contributed by atoms with Crippen molar-refractivity contribution in [3.8, 4) is 0 Å². The summed E-state index contributed by atoms with van der Waals surface area (Å²) in [7, 11) is 0. The largest absolute Gasteiger partial charge is 0.310 e. The molecule has 0 atom stereocenters. The van der Waals surface area contributed by atoms with E-state index in [9.17, 15) is 14.0 Å². The molecule has 1 aliphatic heterocycles. The number of fused-ring (bicyclic) bond motifs is 1. The first-order chi connectivity index (χ1) is 13.1. The average molecular weight is 362 g/mol. The number of nitrogens with zero attached hydrogens (tertiary/aromatic N) is 2. The Bertz CT molecular complexity index is 1060. The maximum Gasteiger partial charge on any atom is 0.263 e. The standard InChI is InChI=1S/C22H19FN2O2/c23-19-11-3-1-8-17(19)15-24-13-6-10-18(21(24)26)22(27)25-14-5-9-16-7-2-4-12-20(16)25/h1-4,6-8,10-13H,5,9,14-15H2. The van der Waals surface area contributed by atoms with Crippen LogP contribution in [0.1, 0.15) is 27.9 Å². The van der Waals surface area contributed by atoms with E-state index in [4.69, 9.17) is 0 Å². The number of amides is 1. The molecule has 0 saturated heterocycles. The molecule has 0 saturated carbocycles. The van der Waals surface area contributed by atoms with Crippen LogP contribution in [0.5, 0.6) is 0 Å². The van der Waals surface area contributed by atoms with Crippen LogP contribution in [0.2, 0.25) is 0 Å². The molecule has 0 fully saturated rings. The van der Waals surface area contributed by atoms with Crippen molar-refractivity contribution in [3.63, 3.8) is 0 Å². The van der Waals surface area contributed by atoms with Gasteiger partial charge in [-0.1, -0.05) is 36.4 Å². The molecule has 27 heavy (non-hydrogen) atoms. The summed E-state index contributed by atoms with van der Waals surface area (Å²) in [5.74, 6) is -0.680. The molecule has 3 aromatic rings. The fraction of sp³-hybridized carbons (Fsp3) is 0.182. The normalized spacial score (nSPS) is 13.3. The molecule has 1 aromatic heterocycles. The molecule has 0 unspecified atom stereocenters. The van der Waals surface area contributed by atoms with E-state index in [0.717, 1.165) is 24.1 Å². The van der Waals surface area contributed by atoms with E-state index in [1.807, 2.05) is 24.3 Å². The van der Waals surface area contributed by atoms with Gasteiger partial charge in [0.2, 0.25) is 0 Å². The zero-order valence-electron chi connectivity index (χ0n) is 14.8. The van der Waals surface area contributed by atoms with E-state index in [0.29, 0.717) is 12.1 Å². The predicted molar refractivity (Wildman–Crippen MR) is 103 cm³/mol. The van der Waals surface area contributed by atoms with Crippen LogP contribution >= 0.6 is 0 Å². The molecular weight excluding hydrogens is 343 g/mol. The maximum atomic E-state index is 13.9. The molecule has 0 spiro atoms. The van der Waals surface area contributed by atoms with Crippen molar-refractivity contribution < 1.29 is 9.18 Å². The van der Waals surface area contributed by atoms with Crippen molar-refractivity contribution in [2.24, 2.45) is 0 Å². The highest BCUT2D eigenvalue weighted by atomic mass is 19.1. The lowest BCUT2D eigenvalue weighted by Crippen LogP contribution is -2.39. The second-order valence-corrected chi connectivity index (χ2v) is 6.64. The number of anilines is 1. The van der Waals surface area contributed by atoms with Gasteiger partial charge in [0.25, 0.3) is 11.5 Å². The van der Waals surface area contributed by atoms with Gasteiger partial charge >= 0.3 is 0 Å².